The first-order chi connectivity index (χ1) is 17.1. The summed E-state index contributed by atoms with van der Waals surface area (Å²) in [6.45, 7) is 4.38. The summed E-state index contributed by atoms with van der Waals surface area (Å²) in [6, 6.07) is 7.39. The molecule has 3 N–H and O–H groups in total. The molecule has 11 heteroatoms. The van der Waals surface area contributed by atoms with E-state index in [1.54, 1.807) is 41.7 Å². The van der Waals surface area contributed by atoms with Crippen molar-refractivity contribution in [3.8, 4) is 16.8 Å². The number of ether oxygens (including phenoxy) is 2. The number of thiazole rings is 1. The molecule has 3 aromatic heterocycles. The van der Waals surface area contributed by atoms with Crippen LogP contribution in [0.1, 0.15) is 10.5 Å². The van der Waals surface area contributed by atoms with Crippen LogP contribution in [0.3, 0.4) is 0 Å². The van der Waals surface area contributed by atoms with E-state index in [2.05, 4.69) is 25.5 Å². The number of piperazine rings is 1. The summed E-state index contributed by atoms with van der Waals surface area (Å²) in [5.41, 5.74) is 1.84. The normalized spacial score (nSPS) is 13.8. The van der Waals surface area contributed by atoms with Gasteiger partial charge >= 0.3 is 0 Å². The number of hydrogen-bond acceptors (Lipinski definition) is 9. The number of carbonyl (C=O) groups is 1. The third-order valence-corrected chi connectivity index (χ3v) is 6.59. The van der Waals surface area contributed by atoms with Gasteiger partial charge in [0, 0.05) is 61.8 Å². The molecule has 5 rings (SSSR count). The number of aromatic hydroxyl groups is 1. The second-order valence-corrected chi connectivity index (χ2v) is 8.85. The largest absolute Gasteiger partial charge is 0.494 e. The van der Waals surface area contributed by atoms with Gasteiger partial charge in [0.15, 0.2) is 5.13 Å². The average Bonchev–Trinajstić information content (AvgIpc) is 3.50. The van der Waals surface area contributed by atoms with Crippen molar-refractivity contribution < 1.29 is 19.4 Å². The van der Waals surface area contributed by atoms with E-state index in [0.717, 1.165) is 37.3 Å². The van der Waals surface area contributed by atoms with Gasteiger partial charge in [0.2, 0.25) is 5.88 Å². The average molecular weight is 495 g/mol. The van der Waals surface area contributed by atoms with Crippen LogP contribution >= 0.6 is 11.3 Å². The summed E-state index contributed by atoms with van der Waals surface area (Å²) in [5.74, 6) is 0.340. The maximum atomic E-state index is 13.0. The molecule has 1 amide bonds. The topological polar surface area (TPSA) is 114 Å². The lowest BCUT2D eigenvalue weighted by molar-refractivity contribution is 0.102. The van der Waals surface area contributed by atoms with Crippen LogP contribution in [0.25, 0.3) is 15.9 Å². The molecule has 0 bridgehead atoms. The molecule has 4 aromatic rings. The molecule has 1 saturated heterocycles. The number of nitrogens with zero attached hydrogens (tertiary/aromatic N) is 4. The van der Waals surface area contributed by atoms with Gasteiger partial charge in [-0.3, -0.25) is 14.3 Å². The van der Waals surface area contributed by atoms with E-state index in [-0.39, 0.29) is 17.5 Å². The summed E-state index contributed by atoms with van der Waals surface area (Å²) >= 11 is 1.27. The third-order valence-electron chi connectivity index (χ3n) is 5.75. The Morgan fingerprint density at radius 1 is 1.26 bits per heavy atom. The number of methoxy groups -OCH3 is 1. The van der Waals surface area contributed by atoms with Gasteiger partial charge in [-0.2, -0.15) is 0 Å². The highest BCUT2D eigenvalue weighted by Crippen LogP contribution is 2.34. The molecule has 0 radical (unpaired) electrons. The number of hydrogen-bond donors (Lipinski definition) is 3. The Kier molecular flexibility index (Phi) is 6.80. The van der Waals surface area contributed by atoms with Crippen LogP contribution in [0.4, 0.5) is 11.4 Å². The molecule has 0 aliphatic carbocycles. The standard InChI is InChI=1S/C24H26N6O4S/c1-33-10-11-34-17-3-2-16-14-30(23(32)18(16)12-17)24-28-20(15-35-24)22(31)27-19-13-26-5-4-21(19)29-8-6-25-7-9-29/h2-5,12-15,25,32H,6-11H2,1H3,(H,27,31). The predicted octanol–water partition coefficient (Wildman–Crippen LogP) is 2.87. The lowest BCUT2D eigenvalue weighted by atomic mass is 10.2. The highest BCUT2D eigenvalue weighted by molar-refractivity contribution is 7.12. The van der Waals surface area contributed by atoms with Gasteiger partial charge < -0.3 is 30.1 Å². The number of anilines is 2. The van der Waals surface area contributed by atoms with Crippen LogP contribution in [0.15, 0.2) is 48.2 Å². The van der Waals surface area contributed by atoms with Crippen LogP contribution in [0.2, 0.25) is 0 Å². The molecule has 10 nitrogen and oxygen atoms in total. The molecule has 1 aromatic carbocycles. The first kappa shape index (κ1) is 23.1. The van der Waals surface area contributed by atoms with Gasteiger partial charge in [-0.25, -0.2) is 4.98 Å². The zero-order valence-electron chi connectivity index (χ0n) is 19.2. The van der Waals surface area contributed by atoms with Crippen LogP contribution in [0.5, 0.6) is 11.6 Å². The Balaban J connectivity index is 1.35. The molecular formula is C24H26N6O4S. The molecule has 1 aliphatic heterocycles. The first-order valence-electron chi connectivity index (χ1n) is 11.3. The van der Waals surface area contributed by atoms with Crippen molar-refractivity contribution in [2.24, 2.45) is 0 Å². The van der Waals surface area contributed by atoms with E-state index in [9.17, 15) is 9.90 Å². The van der Waals surface area contributed by atoms with Crippen molar-refractivity contribution in [1.82, 2.24) is 19.9 Å². The Labute approximate surface area is 206 Å². The number of nitrogens with one attached hydrogen (secondary N) is 2. The van der Waals surface area contributed by atoms with E-state index < -0.39 is 0 Å². The highest BCUT2D eigenvalue weighted by Gasteiger charge is 2.19. The second kappa shape index (κ2) is 10.3. The van der Waals surface area contributed by atoms with Crippen molar-refractivity contribution in [2.45, 2.75) is 0 Å². The van der Waals surface area contributed by atoms with Gasteiger partial charge in [-0.15, -0.1) is 11.3 Å². The molecule has 4 heterocycles. The number of pyridine rings is 1. The third kappa shape index (κ3) is 4.92. The van der Waals surface area contributed by atoms with E-state index in [4.69, 9.17) is 9.47 Å². The summed E-state index contributed by atoms with van der Waals surface area (Å²) in [4.78, 5) is 23.9. The zero-order valence-corrected chi connectivity index (χ0v) is 20.0. The SMILES string of the molecule is COCCOc1ccc2cn(-c3nc(C(=O)Nc4cnccc4N4CCNCC4)cs3)c(O)c2c1. The van der Waals surface area contributed by atoms with Crippen molar-refractivity contribution >= 4 is 39.4 Å². The fraction of sp³-hybridized carbons (Fsp3) is 0.292. The monoisotopic (exact) mass is 494 g/mol. The quantitative estimate of drug-likeness (QED) is 0.321. The van der Waals surface area contributed by atoms with Crippen LogP contribution in [-0.4, -0.2) is 72.1 Å². The number of rotatable bonds is 8. The van der Waals surface area contributed by atoms with Gasteiger partial charge in [0.1, 0.15) is 18.1 Å². The van der Waals surface area contributed by atoms with E-state index >= 15 is 0 Å². The molecule has 0 spiro atoms. The summed E-state index contributed by atoms with van der Waals surface area (Å²) in [7, 11) is 1.61. The minimum absolute atomic E-state index is 0.0340. The van der Waals surface area contributed by atoms with Crippen LogP contribution in [0, 0.1) is 0 Å². The molecule has 0 unspecified atom stereocenters. The molecular weight excluding hydrogens is 468 g/mol. The lowest BCUT2D eigenvalue weighted by Crippen LogP contribution is -2.43. The van der Waals surface area contributed by atoms with E-state index in [1.165, 1.54) is 11.3 Å². The molecule has 1 fully saturated rings. The molecule has 35 heavy (non-hydrogen) atoms. The van der Waals surface area contributed by atoms with Crippen molar-refractivity contribution in [2.75, 3.05) is 56.7 Å². The second-order valence-electron chi connectivity index (χ2n) is 8.01. The number of benzene rings is 1. The predicted molar refractivity (Wildman–Crippen MR) is 135 cm³/mol. The van der Waals surface area contributed by atoms with Crippen molar-refractivity contribution in [3.63, 3.8) is 0 Å². The van der Waals surface area contributed by atoms with Gasteiger partial charge in [0.25, 0.3) is 5.91 Å². The smallest absolute Gasteiger partial charge is 0.275 e. The fourth-order valence-corrected chi connectivity index (χ4v) is 4.76. The van der Waals surface area contributed by atoms with Crippen molar-refractivity contribution in [1.29, 1.82) is 0 Å². The first-order valence-corrected chi connectivity index (χ1v) is 12.1. The molecule has 182 valence electrons. The van der Waals surface area contributed by atoms with E-state index in [0.29, 0.717) is 35.2 Å². The zero-order chi connectivity index (χ0) is 24.2. The van der Waals surface area contributed by atoms with Crippen molar-refractivity contribution in [3.05, 3.63) is 53.9 Å². The fourth-order valence-electron chi connectivity index (χ4n) is 3.98. The van der Waals surface area contributed by atoms with Gasteiger partial charge in [-0.05, 0) is 24.3 Å². The Morgan fingerprint density at radius 2 is 2.11 bits per heavy atom. The number of carbonyl (C=O) groups excluding carboxylic acids is 1. The maximum Gasteiger partial charge on any atom is 0.275 e. The number of amides is 1. The van der Waals surface area contributed by atoms with Crippen LogP contribution < -0.4 is 20.3 Å². The summed E-state index contributed by atoms with van der Waals surface area (Å²) in [5, 5.41) is 20.7. The minimum Gasteiger partial charge on any atom is -0.494 e. The molecule has 1 aliphatic rings. The minimum atomic E-state index is -0.332. The highest BCUT2D eigenvalue weighted by atomic mass is 32.1. The summed E-state index contributed by atoms with van der Waals surface area (Å²) in [6.07, 6.45) is 5.16. The van der Waals surface area contributed by atoms with E-state index in [1.807, 2.05) is 18.2 Å². The summed E-state index contributed by atoms with van der Waals surface area (Å²) < 4.78 is 12.2. The van der Waals surface area contributed by atoms with Crippen LogP contribution in [-0.2, 0) is 4.74 Å². The lowest BCUT2D eigenvalue weighted by Gasteiger charge is -2.30. The van der Waals surface area contributed by atoms with Gasteiger partial charge in [-0.1, -0.05) is 0 Å². The Bertz CT molecular complexity index is 1330. The Hall–Kier alpha value is -3.67. The molecule has 0 atom stereocenters. The maximum absolute atomic E-state index is 13.0. The Morgan fingerprint density at radius 3 is 2.94 bits per heavy atom. The number of aromatic nitrogens is 3. The van der Waals surface area contributed by atoms with Gasteiger partial charge in [0.05, 0.1) is 24.2 Å². The molecule has 0 saturated carbocycles. The number of fused-ring (bicyclic) bond motifs is 1.